The van der Waals surface area contributed by atoms with Gasteiger partial charge in [0.05, 0.1) is 0 Å². The fraction of sp³-hybridized carbons (Fsp3) is 0.333. The van der Waals surface area contributed by atoms with Crippen molar-refractivity contribution in [2.24, 2.45) is 0 Å². The van der Waals surface area contributed by atoms with Crippen molar-refractivity contribution in [1.82, 2.24) is 0 Å². The maximum Gasteiger partial charge on any atom is 0.0162 e. The average Bonchev–Trinajstić information content (AvgIpc) is 3.46. The molecule has 0 aromatic heterocycles. The summed E-state index contributed by atoms with van der Waals surface area (Å²) in [5, 5.41) is 0. The second kappa shape index (κ2) is 30.8. The van der Waals surface area contributed by atoms with E-state index in [0.29, 0.717) is 11.8 Å². The van der Waals surface area contributed by atoms with E-state index in [4.69, 9.17) is 0 Å². The second-order valence-electron chi connectivity index (χ2n) is 20.5. The van der Waals surface area contributed by atoms with Crippen molar-refractivity contribution in [3.8, 4) is 33.4 Å². The molecule has 0 N–H and O–H groups in total. The zero-order valence-corrected chi connectivity index (χ0v) is 47.6. The van der Waals surface area contributed by atoms with Gasteiger partial charge in [-0.25, -0.2) is 0 Å². The van der Waals surface area contributed by atoms with Crippen molar-refractivity contribution in [1.29, 1.82) is 0 Å². The van der Waals surface area contributed by atoms with Crippen molar-refractivity contribution >= 4 is 5.57 Å². The highest BCUT2D eigenvalue weighted by molar-refractivity contribution is 5.84. The molecule has 0 saturated heterocycles. The van der Waals surface area contributed by atoms with Crippen molar-refractivity contribution in [2.45, 2.75) is 164 Å². The third-order valence-corrected chi connectivity index (χ3v) is 15.3. The molecule has 0 heteroatoms. The molecule has 3 unspecified atom stereocenters. The summed E-state index contributed by atoms with van der Waals surface area (Å²) in [6.07, 6.45) is 18.5. The lowest BCUT2D eigenvalue weighted by Crippen LogP contribution is -2.17. The Kier molecular flexibility index (Phi) is 23.7. The van der Waals surface area contributed by atoms with Gasteiger partial charge in [-0.05, 0) is 145 Å². The summed E-state index contributed by atoms with van der Waals surface area (Å²) in [4.78, 5) is 0. The SMILES string of the molecule is C1CCC1.C1CCCCC1.C=C(c1ccc(C2c3ccccc3-c3cc(-c4ccc(C(C)Cc5ccccc5)c(-c5ccccc5C)c4)ccc3C2C)cc1)c1ccccc1C.CC.CC.CCCc1ccccc1. The minimum Gasteiger partial charge on any atom is -0.0905 e. The van der Waals surface area contributed by atoms with Gasteiger partial charge in [-0.15, -0.1) is 0 Å². The van der Waals surface area contributed by atoms with Gasteiger partial charge >= 0.3 is 0 Å². The Morgan fingerprint density at radius 1 is 0.467 bits per heavy atom. The van der Waals surface area contributed by atoms with Gasteiger partial charge in [0.25, 0.3) is 0 Å². The first kappa shape index (κ1) is 57.8. The van der Waals surface area contributed by atoms with E-state index in [1.807, 2.05) is 27.7 Å². The first-order valence-corrected chi connectivity index (χ1v) is 29.2. The summed E-state index contributed by atoms with van der Waals surface area (Å²) >= 11 is 0. The maximum absolute atomic E-state index is 4.47. The Morgan fingerprint density at radius 3 is 1.51 bits per heavy atom. The van der Waals surface area contributed by atoms with E-state index in [1.165, 1.54) is 166 Å². The standard InChI is InChI=1S/C52H46.C9H12.C6H12.C4H8.2C2H6/c1-34-15-9-11-19-44(34)37(4)40-23-25-41(26-24-40)52-38(5)47-30-28-43(33-51(47)48-21-13-14-22-49(48)52)42-27-29-46(36(3)31-39-17-7-6-8-18-39)50(32-42)45-20-12-10-16-35(45)2;1-2-6-9-7-4-3-5-8-9;1-2-4-6-5-3-1;1-2-4-3-1;2*1-2/h6-30,32-33,36,38,52H,4,31H2,1-3,5H3;3-5,7-8H,2,6H2,1H3;1-6H2;1-4H2;2*1-2H3. The molecule has 3 atom stereocenters. The molecule has 390 valence electrons. The van der Waals surface area contributed by atoms with Crippen LogP contribution in [0.5, 0.6) is 0 Å². The van der Waals surface area contributed by atoms with Crippen molar-refractivity contribution in [3.05, 3.63) is 256 Å². The van der Waals surface area contributed by atoms with Gasteiger partial charge in [0.15, 0.2) is 0 Å². The fourth-order valence-corrected chi connectivity index (χ4v) is 10.9. The van der Waals surface area contributed by atoms with Gasteiger partial charge in [-0.2, -0.15) is 0 Å². The summed E-state index contributed by atoms with van der Waals surface area (Å²) < 4.78 is 0. The first-order chi connectivity index (χ1) is 36.8. The average molecular weight is 992 g/mol. The van der Waals surface area contributed by atoms with E-state index in [1.54, 1.807) is 0 Å². The molecule has 8 aromatic rings. The van der Waals surface area contributed by atoms with E-state index < -0.39 is 0 Å². The van der Waals surface area contributed by atoms with Crippen molar-refractivity contribution in [2.75, 3.05) is 0 Å². The molecule has 11 rings (SSSR count). The number of hydrogen-bond acceptors (Lipinski definition) is 0. The van der Waals surface area contributed by atoms with Crippen molar-refractivity contribution in [3.63, 3.8) is 0 Å². The Bertz CT molecular complexity index is 2890. The number of benzene rings is 8. The topological polar surface area (TPSA) is 0 Å². The van der Waals surface area contributed by atoms with Crippen LogP contribution in [-0.2, 0) is 12.8 Å². The predicted molar refractivity (Wildman–Crippen MR) is 331 cm³/mol. The van der Waals surface area contributed by atoms with Crippen LogP contribution in [0, 0.1) is 13.8 Å². The maximum atomic E-state index is 4.47. The third kappa shape index (κ3) is 15.8. The van der Waals surface area contributed by atoms with Crippen LogP contribution in [0.3, 0.4) is 0 Å². The molecule has 8 aromatic carbocycles. The Balaban J connectivity index is 0.000000328. The van der Waals surface area contributed by atoms with Crippen LogP contribution in [0.1, 0.15) is 192 Å². The largest absolute Gasteiger partial charge is 0.0905 e. The zero-order chi connectivity index (χ0) is 53.4. The Morgan fingerprint density at radius 2 is 0.947 bits per heavy atom. The summed E-state index contributed by atoms with van der Waals surface area (Å²) in [5.41, 5.74) is 22.2. The minimum absolute atomic E-state index is 0.272. The number of aryl methyl sites for hydroxylation is 3. The van der Waals surface area contributed by atoms with Crippen LogP contribution in [0.25, 0.3) is 39.0 Å². The molecule has 3 aliphatic rings. The number of rotatable bonds is 10. The van der Waals surface area contributed by atoms with Crippen LogP contribution in [0.4, 0.5) is 0 Å². The van der Waals surface area contributed by atoms with Gasteiger partial charge in [0, 0.05) is 5.92 Å². The summed E-state index contributed by atoms with van der Waals surface area (Å²) in [6, 6.07) is 71.3. The van der Waals surface area contributed by atoms with Gasteiger partial charge in [0.2, 0.25) is 0 Å². The van der Waals surface area contributed by atoms with Crippen LogP contribution < -0.4 is 0 Å². The summed E-state index contributed by atoms with van der Waals surface area (Å²) in [7, 11) is 0. The highest BCUT2D eigenvalue weighted by Crippen LogP contribution is 2.51. The van der Waals surface area contributed by atoms with Crippen LogP contribution in [-0.4, -0.2) is 0 Å². The lowest BCUT2D eigenvalue weighted by Gasteiger charge is -2.34. The van der Waals surface area contributed by atoms with Crippen LogP contribution >= 0.6 is 0 Å². The van der Waals surface area contributed by atoms with E-state index >= 15 is 0 Å². The van der Waals surface area contributed by atoms with Gasteiger partial charge in [0.1, 0.15) is 0 Å². The molecule has 0 radical (unpaired) electrons. The number of hydrogen-bond donors (Lipinski definition) is 0. The first-order valence-electron chi connectivity index (χ1n) is 29.2. The van der Waals surface area contributed by atoms with Gasteiger partial charge < -0.3 is 0 Å². The smallest absolute Gasteiger partial charge is 0.0162 e. The summed E-state index contributed by atoms with van der Waals surface area (Å²) in [5.74, 6) is 0.982. The highest BCUT2D eigenvalue weighted by Gasteiger charge is 2.32. The normalized spacial score (nSPS) is 15.2. The molecule has 75 heavy (non-hydrogen) atoms. The number of fused-ring (bicyclic) bond motifs is 3. The van der Waals surface area contributed by atoms with Crippen LogP contribution in [0.15, 0.2) is 201 Å². The van der Waals surface area contributed by atoms with E-state index in [2.05, 4.69) is 235 Å². The van der Waals surface area contributed by atoms with E-state index in [9.17, 15) is 0 Å². The molecule has 0 heterocycles. The fourth-order valence-electron chi connectivity index (χ4n) is 10.9. The Hall–Kier alpha value is -6.50. The molecule has 3 aliphatic carbocycles. The van der Waals surface area contributed by atoms with Gasteiger partial charge in [-0.3, -0.25) is 0 Å². The molecule has 0 nitrogen and oxygen atoms in total. The molecule has 0 spiro atoms. The van der Waals surface area contributed by atoms with Crippen LogP contribution in [0.2, 0.25) is 0 Å². The molecule has 0 aliphatic heterocycles. The minimum atomic E-state index is 0.272. The third-order valence-electron chi connectivity index (χ3n) is 15.3. The van der Waals surface area contributed by atoms with Crippen molar-refractivity contribution < 1.29 is 0 Å². The monoisotopic (exact) mass is 991 g/mol. The second-order valence-corrected chi connectivity index (χ2v) is 20.5. The molecule has 0 amide bonds. The molecule has 0 bridgehead atoms. The molecular weight excluding hydrogens is 901 g/mol. The zero-order valence-electron chi connectivity index (χ0n) is 47.6. The molecule has 2 fully saturated rings. The van der Waals surface area contributed by atoms with E-state index in [-0.39, 0.29) is 5.92 Å². The quantitative estimate of drug-likeness (QED) is 0.128. The van der Waals surface area contributed by atoms with Gasteiger partial charge in [-0.1, -0.05) is 308 Å². The lowest BCUT2D eigenvalue weighted by molar-refractivity contribution is 0.504. The predicted octanol–water partition coefficient (Wildman–Crippen LogP) is 22.6. The highest BCUT2D eigenvalue weighted by atomic mass is 14.4. The lowest BCUT2D eigenvalue weighted by atomic mass is 9.69. The molecular formula is C75H90. The summed E-state index contributed by atoms with van der Waals surface area (Å²) in [6.45, 7) is 23.8. The Labute approximate surface area is 456 Å². The molecule has 2 saturated carbocycles. The van der Waals surface area contributed by atoms with E-state index in [0.717, 1.165) is 12.0 Å².